The minimum absolute atomic E-state index is 0.652. The Morgan fingerprint density at radius 2 is 1.48 bits per heavy atom. The molecule has 29 heavy (non-hydrogen) atoms. The molecule has 148 valence electrons. The number of nitrogens with one attached hydrogen (secondary N) is 1. The van der Waals surface area contributed by atoms with Crippen LogP contribution in [-0.2, 0) is 0 Å². The van der Waals surface area contributed by atoms with E-state index in [4.69, 9.17) is 9.47 Å². The maximum absolute atomic E-state index is 5.58. The number of benzene rings is 2. The van der Waals surface area contributed by atoms with Gasteiger partial charge in [0, 0.05) is 16.1 Å². The molecule has 5 nitrogen and oxygen atoms in total. The van der Waals surface area contributed by atoms with Crippen LogP contribution in [0, 0.1) is 6.92 Å². The fourth-order valence-electron chi connectivity index (χ4n) is 3.31. The van der Waals surface area contributed by atoms with Gasteiger partial charge in [-0.1, -0.05) is 12.1 Å². The van der Waals surface area contributed by atoms with Gasteiger partial charge in [0.2, 0.25) is 0 Å². The Kier molecular flexibility index (Phi) is 5.62. The summed E-state index contributed by atoms with van der Waals surface area (Å²) < 4.78 is 11.1. The van der Waals surface area contributed by atoms with E-state index in [0.29, 0.717) is 13.2 Å². The van der Waals surface area contributed by atoms with Crippen molar-refractivity contribution in [1.29, 1.82) is 0 Å². The van der Waals surface area contributed by atoms with Crippen molar-refractivity contribution in [3.05, 3.63) is 59.7 Å². The average molecular weight is 406 g/mol. The van der Waals surface area contributed by atoms with Gasteiger partial charge in [0.25, 0.3) is 0 Å². The summed E-state index contributed by atoms with van der Waals surface area (Å²) in [6.45, 7) is 7.40. The highest BCUT2D eigenvalue weighted by Crippen LogP contribution is 2.41. The Bertz CT molecular complexity index is 1110. The van der Waals surface area contributed by atoms with Crippen LogP contribution in [0.4, 0.5) is 11.5 Å². The van der Waals surface area contributed by atoms with E-state index in [1.54, 1.807) is 17.7 Å². The predicted octanol–water partition coefficient (Wildman–Crippen LogP) is 6.21. The monoisotopic (exact) mass is 405 g/mol. The van der Waals surface area contributed by atoms with Gasteiger partial charge in [0.05, 0.1) is 18.6 Å². The van der Waals surface area contributed by atoms with Crippen molar-refractivity contribution in [3.63, 3.8) is 0 Å². The summed E-state index contributed by atoms with van der Waals surface area (Å²) in [6, 6.07) is 16.1. The molecule has 0 aliphatic rings. The normalized spacial score (nSPS) is 10.9. The molecule has 2 aromatic heterocycles. The van der Waals surface area contributed by atoms with Gasteiger partial charge in [-0.3, -0.25) is 0 Å². The molecule has 0 aliphatic carbocycles. The van der Waals surface area contributed by atoms with Gasteiger partial charge in [0.1, 0.15) is 28.5 Å². The summed E-state index contributed by atoms with van der Waals surface area (Å²) in [4.78, 5) is 11.2. The zero-order valence-electron chi connectivity index (χ0n) is 16.7. The third-order valence-electron chi connectivity index (χ3n) is 4.55. The number of nitrogens with zero attached hydrogens (tertiary/aromatic N) is 2. The van der Waals surface area contributed by atoms with Crippen LogP contribution in [0.25, 0.3) is 21.3 Å². The Hall–Kier alpha value is -3.12. The number of fused-ring (bicyclic) bond motifs is 1. The molecule has 0 radical (unpaired) electrons. The Labute approximate surface area is 174 Å². The lowest BCUT2D eigenvalue weighted by Gasteiger charge is -2.10. The van der Waals surface area contributed by atoms with Crippen molar-refractivity contribution in [3.8, 4) is 22.6 Å². The van der Waals surface area contributed by atoms with Crippen molar-refractivity contribution in [2.24, 2.45) is 0 Å². The predicted molar refractivity (Wildman–Crippen MR) is 120 cm³/mol. The molecule has 0 saturated carbocycles. The number of rotatable bonds is 7. The van der Waals surface area contributed by atoms with E-state index in [0.717, 1.165) is 44.3 Å². The topological polar surface area (TPSA) is 56.3 Å². The number of hydrogen-bond donors (Lipinski definition) is 1. The third kappa shape index (κ3) is 4.03. The van der Waals surface area contributed by atoms with Crippen molar-refractivity contribution >= 4 is 33.1 Å². The molecule has 0 bridgehead atoms. The Balaban J connectivity index is 1.73. The van der Waals surface area contributed by atoms with Crippen molar-refractivity contribution in [2.75, 3.05) is 18.5 Å². The molecule has 0 unspecified atom stereocenters. The molecule has 0 atom stereocenters. The highest BCUT2D eigenvalue weighted by atomic mass is 32.1. The van der Waals surface area contributed by atoms with Crippen molar-refractivity contribution in [1.82, 2.24) is 9.97 Å². The van der Waals surface area contributed by atoms with Gasteiger partial charge >= 0.3 is 0 Å². The fraction of sp³-hybridized carbons (Fsp3) is 0.217. The standard InChI is InChI=1S/C23H23N3O2S/c1-4-27-18-10-6-16(7-11-18)20-15(3)29-23-21(20)22(24-14-25-23)26-17-8-12-19(13-9-17)28-5-2/h6-14H,4-5H2,1-3H3,(H,24,25,26). The number of aromatic nitrogens is 2. The van der Waals surface area contributed by atoms with E-state index in [-0.39, 0.29) is 0 Å². The first-order valence-electron chi connectivity index (χ1n) is 9.66. The van der Waals surface area contributed by atoms with Crippen molar-refractivity contribution < 1.29 is 9.47 Å². The van der Waals surface area contributed by atoms with Gasteiger partial charge in [-0.05, 0) is 62.7 Å². The SMILES string of the molecule is CCOc1ccc(Nc2ncnc3sc(C)c(-c4ccc(OCC)cc4)c23)cc1. The number of hydrogen-bond acceptors (Lipinski definition) is 6. The lowest BCUT2D eigenvalue weighted by molar-refractivity contribution is 0.340. The van der Waals surface area contributed by atoms with Crippen molar-refractivity contribution in [2.45, 2.75) is 20.8 Å². The van der Waals surface area contributed by atoms with E-state index >= 15 is 0 Å². The average Bonchev–Trinajstić information content (AvgIpc) is 3.07. The highest BCUT2D eigenvalue weighted by molar-refractivity contribution is 7.19. The van der Waals surface area contributed by atoms with Crippen LogP contribution >= 0.6 is 11.3 Å². The van der Waals surface area contributed by atoms with Crippen LogP contribution in [0.5, 0.6) is 11.5 Å². The minimum Gasteiger partial charge on any atom is -0.494 e. The van der Waals surface area contributed by atoms with Gasteiger partial charge in [-0.25, -0.2) is 9.97 Å². The van der Waals surface area contributed by atoms with E-state index in [1.807, 2.05) is 50.2 Å². The number of thiophene rings is 1. The molecule has 0 aliphatic heterocycles. The quantitative estimate of drug-likeness (QED) is 0.396. The molecule has 1 N–H and O–H groups in total. The summed E-state index contributed by atoms with van der Waals surface area (Å²) in [7, 11) is 0. The van der Waals surface area contributed by atoms with Crippen LogP contribution in [-0.4, -0.2) is 23.2 Å². The molecule has 0 amide bonds. The molecule has 0 fully saturated rings. The van der Waals surface area contributed by atoms with Crippen LogP contribution < -0.4 is 14.8 Å². The van der Waals surface area contributed by atoms with Gasteiger partial charge in [-0.2, -0.15) is 0 Å². The first-order chi connectivity index (χ1) is 14.2. The molecule has 2 heterocycles. The van der Waals surface area contributed by atoms with Crippen LogP contribution in [0.3, 0.4) is 0 Å². The summed E-state index contributed by atoms with van der Waals surface area (Å²) >= 11 is 1.68. The maximum atomic E-state index is 5.58. The second-order valence-corrected chi connectivity index (χ2v) is 7.68. The highest BCUT2D eigenvalue weighted by Gasteiger charge is 2.17. The zero-order chi connectivity index (χ0) is 20.2. The summed E-state index contributed by atoms with van der Waals surface area (Å²) in [5, 5.41) is 4.48. The van der Waals surface area contributed by atoms with Crippen LogP contribution in [0.2, 0.25) is 0 Å². The molecule has 0 saturated heterocycles. The largest absolute Gasteiger partial charge is 0.494 e. The van der Waals surface area contributed by atoms with E-state index in [1.165, 1.54) is 4.88 Å². The summed E-state index contributed by atoms with van der Waals surface area (Å²) in [6.07, 6.45) is 1.61. The second kappa shape index (κ2) is 8.49. The molecule has 0 spiro atoms. The molecule has 4 aromatic rings. The zero-order valence-corrected chi connectivity index (χ0v) is 17.5. The first-order valence-corrected chi connectivity index (χ1v) is 10.5. The third-order valence-corrected chi connectivity index (χ3v) is 5.56. The molecule has 4 rings (SSSR count). The summed E-state index contributed by atoms with van der Waals surface area (Å²) in [5.41, 5.74) is 3.23. The number of ether oxygens (including phenoxy) is 2. The number of aryl methyl sites for hydroxylation is 1. The second-order valence-electron chi connectivity index (χ2n) is 6.48. The maximum Gasteiger partial charge on any atom is 0.143 e. The summed E-state index contributed by atoms with van der Waals surface area (Å²) in [5.74, 6) is 2.53. The molecule has 6 heteroatoms. The smallest absolute Gasteiger partial charge is 0.143 e. The van der Waals surface area contributed by atoms with Crippen LogP contribution in [0.15, 0.2) is 54.9 Å². The fourth-order valence-corrected chi connectivity index (χ4v) is 4.32. The minimum atomic E-state index is 0.652. The molecular formula is C23H23N3O2S. The van der Waals surface area contributed by atoms with E-state index < -0.39 is 0 Å². The van der Waals surface area contributed by atoms with Gasteiger partial charge < -0.3 is 14.8 Å². The lowest BCUT2D eigenvalue weighted by Crippen LogP contribution is -1.96. The Morgan fingerprint density at radius 1 is 0.862 bits per heavy atom. The van der Waals surface area contributed by atoms with E-state index in [2.05, 4.69) is 34.3 Å². The first kappa shape index (κ1) is 19.2. The molecule has 2 aromatic carbocycles. The molecular weight excluding hydrogens is 382 g/mol. The Morgan fingerprint density at radius 3 is 2.10 bits per heavy atom. The number of anilines is 2. The van der Waals surface area contributed by atoms with Gasteiger partial charge in [0.15, 0.2) is 0 Å². The van der Waals surface area contributed by atoms with Gasteiger partial charge in [-0.15, -0.1) is 11.3 Å². The van der Waals surface area contributed by atoms with Crippen LogP contribution in [0.1, 0.15) is 18.7 Å². The lowest BCUT2D eigenvalue weighted by atomic mass is 10.0. The van der Waals surface area contributed by atoms with E-state index in [9.17, 15) is 0 Å².